The van der Waals surface area contributed by atoms with E-state index in [-0.39, 0.29) is 11.4 Å². The molecule has 5 nitrogen and oxygen atoms in total. The Morgan fingerprint density at radius 1 is 1.45 bits per heavy atom. The number of benzene rings is 1. The molecule has 0 spiro atoms. The summed E-state index contributed by atoms with van der Waals surface area (Å²) in [6.45, 7) is 3.85. The number of hydrogen-bond donors (Lipinski definition) is 1. The van der Waals surface area contributed by atoms with Crippen molar-refractivity contribution in [2.24, 2.45) is 0 Å². The van der Waals surface area contributed by atoms with Crippen LogP contribution in [0.2, 0.25) is 0 Å². The van der Waals surface area contributed by atoms with Gasteiger partial charge in [0.05, 0.1) is 22.1 Å². The number of nitrogens with zero attached hydrogens (tertiary/aromatic N) is 2. The van der Waals surface area contributed by atoms with Gasteiger partial charge in [0.1, 0.15) is 0 Å². The maximum atomic E-state index is 12.6. The molecule has 1 heterocycles. The van der Waals surface area contributed by atoms with Crippen molar-refractivity contribution in [3.05, 3.63) is 29.3 Å². The standard InChI is InChI=1S/C14H18N2O3S/c1-11-8-12(9-15)4-5-13(11)20(18,19)16-7-3-6-14(2,17)10-16/h4-5,8,17H,3,6-7,10H2,1-2H3. The lowest BCUT2D eigenvalue weighted by Gasteiger charge is -2.36. The van der Waals surface area contributed by atoms with E-state index in [0.29, 0.717) is 30.5 Å². The van der Waals surface area contributed by atoms with Crippen molar-refractivity contribution >= 4 is 10.0 Å². The number of β-amino-alcohol motifs (C(OH)–C–C–N with tert-alkyl or cyclic N) is 1. The number of aliphatic hydroxyl groups is 1. The van der Waals surface area contributed by atoms with Crippen LogP contribution in [-0.2, 0) is 10.0 Å². The first-order valence-electron chi connectivity index (χ1n) is 6.49. The number of rotatable bonds is 2. The molecule has 0 aromatic heterocycles. The van der Waals surface area contributed by atoms with Crippen molar-refractivity contribution < 1.29 is 13.5 Å². The largest absolute Gasteiger partial charge is 0.389 e. The smallest absolute Gasteiger partial charge is 0.243 e. The van der Waals surface area contributed by atoms with Crippen molar-refractivity contribution in [3.63, 3.8) is 0 Å². The third-order valence-electron chi connectivity index (χ3n) is 3.56. The molecule has 0 saturated carbocycles. The monoisotopic (exact) mass is 294 g/mol. The first kappa shape index (κ1) is 15.0. The third-order valence-corrected chi connectivity index (χ3v) is 5.57. The zero-order valence-corrected chi connectivity index (χ0v) is 12.4. The minimum Gasteiger partial charge on any atom is -0.389 e. The molecular weight excluding hydrogens is 276 g/mol. The fourth-order valence-electron chi connectivity index (χ4n) is 2.53. The molecule has 0 amide bonds. The zero-order valence-electron chi connectivity index (χ0n) is 11.6. The van der Waals surface area contributed by atoms with E-state index in [9.17, 15) is 13.5 Å². The van der Waals surface area contributed by atoms with E-state index in [0.717, 1.165) is 0 Å². The van der Waals surface area contributed by atoms with Gasteiger partial charge in [0.25, 0.3) is 0 Å². The quantitative estimate of drug-likeness (QED) is 0.894. The van der Waals surface area contributed by atoms with Gasteiger partial charge in [-0.25, -0.2) is 8.42 Å². The number of nitriles is 1. The van der Waals surface area contributed by atoms with Crippen molar-refractivity contribution in [1.29, 1.82) is 5.26 Å². The van der Waals surface area contributed by atoms with E-state index in [1.54, 1.807) is 19.9 Å². The average Bonchev–Trinajstić information content (AvgIpc) is 2.37. The van der Waals surface area contributed by atoms with Gasteiger partial charge in [0.15, 0.2) is 0 Å². The lowest BCUT2D eigenvalue weighted by molar-refractivity contribution is 0.00939. The van der Waals surface area contributed by atoms with Crippen LogP contribution in [0.25, 0.3) is 0 Å². The Labute approximate surface area is 119 Å². The molecule has 1 aliphatic rings. The summed E-state index contributed by atoms with van der Waals surface area (Å²) in [6, 6.07) is 6.52. The highest BCUT2D eigenvalue weighted by Crippen LogP contribution is 2.27. The van der Waals surface area contributed by atoms with Crippen LogP contribution in [0.3, 0.4) is 0 Å². The van der Waals surface area contributed by atoms with Gasteiger partial charge >= 0.3 is 0 Å². The number of piperidine rings is 1. The molecule has 1 atom stereocenters. The van der Waals surface area contributed by atoms with Crippen LogP contribution < -0.4 is 0 Å². The molecule has 2 rings (SSSR count). The van der Waals surface area contributed by atoms with Gasteiger partial charge in [-0.05, 0) is 50.5 Å². The molecule has 1 aromatic carbocycles. The first-order valence-corrected chi connectivity index (χ1v) is 7.93. The molecule has 1 N–H and O–H groups in total. The summed E-state index contributed by atoms with van der Waals surface area (Å²) >= 11 is 0. The van der Waals surface area contributed by atoms with Gasteiger partial charge < -0.3 is 5.11 Å². The number of sulfonamides is 1. The van der Waals surface area contributed by atoms with Gasteiger partial charge in [-0.2, -0.15) is 9.57 Å². The summed E-state index contributed by atoms with van der Waals surface area (Å²) in [5.74, 6) is 0. The normalized spacial score (nSPS) is 24.3. The number of hydrogen-bond acceptors (Lipinski definition) is 4. The SMILES string of the molecule is Cc1cc(C#N)ccc1S(=O)(=O)N1CCCC(C)(O)C1. The maximum Gasteiger partial charge on any atom is 0.243 e. The summed E-state index contributed by atoms with van der Waals surface area (Å²) in [4.78, 5) is 0.203. The lowest BCUT2D eigenvalue weighted by atomic mass is 9.97. The van der Waals surface area contributed by atoms with Gasteiger partial charge in [-0.1, -0.05) is 0 Å². The molecule has 1 aliphatic heterocycles. The number of aryl methyl sites for hydroxylation is 1. The van der Waals surface area contributed by atoms with Crippen LogP contribution in [0.4, 0.5) is 0 Å². The van der Waals surface area contributed by atoms with Crippen LogP contribution in [0.5, 0.6) is 0 Å². The molecular formula is C14H18N2O3S. The summed E-state index contributed by atoms with van der Waals surface area (Å²) in [6.07, 6.45) is 1.24. The van der Waals surface area contributed by atoms with Gasteiger partial charge in [-0.15, -0.1) is 0 Å². The summed E-state index contributed by atoms with van der Waals surface area (Å²) < 4.78 is 26.6. The second-order valence-corrected chi connectivity index (χ2v) is 7.44. The van der Waals surface area contributed by atoms with E-state index in [2.05, 4.69) is 0 Å². The highest BCUT2D eigenvalue weighted by Gasteiger charge is 2.36. The van der Waals surface area contributed by atoms with Crippen LogP contribution in [-0.4, -0.2) is 36.5 Å². The van der Waals surface area contributed by atoms with Crippen molar-refractivity contribution in [2.45, 2.75) is 37.2 Å². The minimum absolute atomic E-state index is 0.106. The van der Waals surface area contributed by atoms with E-state index >= 15 is 0 Å². The van der Waals surface area contributed by atoms with Crippen molar-refractivity contribution in [2.75, 3.05) is 13.1 Å². The van der Waals surface area contributed by atoms with E-state index in [4.69, 9.17) is 5.26 Å². The summed E-state index contributed by atoms with van der Waals surface area (Å²) in [5.41, 5.74) is 0.00703. The Bertz CT molecular complexity index is 659. The fourth-order valence-corrected chi connectivity index (χ4v) is 4.33. The van der Waals surface area contributed by atoms with Crippen LogP contribution in [0.15, 0.2) is 23.1 Å². The Balaban J connectivity index is 2.38. The molecule has 6 heteroatoms. The topological polar surface area (TPSA) is 81.4 Å². The minimum atomic E-state index is -3.62. The summed E-state index contributed by atoms with van der Waals surface area (Å²) in [7, 11) is -3.62. The molecule has 0 radical (unpaired) electrons. The van der Waals surface area contributed by atoms with Gasteiger partial charge in [0, 0.05) is 13.1 Å². The first-order chi connectivity index (χ1) is 9.26. The van der Waals surface area contributed by atoms with Crippen LogP contribution in [0, 0.1) is 18.3 Å². The molecule has 1 fully saturated rings. The molecule has 0 bridgehead atoms. The van der Waals surface area contributed by atoms with Crippen molar-refractivity contribution in [3.8, 4) is 6.07 Å². The Morgan fingerprint density at radius 2 is 2.15 bits per heavy atom. The molecule has 1 unspecified atom stereocenters. The van der Waals surface area contributed by atoms with Crippen LogP contribution in [0.1, 0.15) is 30.9 Å². The second-order valence-electron chi connectivity index (χ2n) is 5.53. The molecule has 0 aliphatic carbocycles. The lowest BCUT2D eigenvalue weighted by Crippen LogP contribution is -2.48. The molecule has 1 aromatic rings. The van der Waals surface area contributed by atoms with Gasteiger partial charge in [-0.3, -0.25) is 0 Å². The van der Waals surface area contributed by atoms with Crippen molar-refractivity contribution in [1.82, 2.24) is 4.31 Å². The highest BCUT2D eigenvalue weighted by atomic mass is 32.2. The van der Waals surface area contributed by atoms with E-state index in [1.165, 1.54) is 16.4 Å². The maximum absolute atomic E-state index is 12.6. The second kappa shape index (κ2) is 5.17. The zero-order chi connectivity index (χ0) is 15.0. The Morgan fingerprint density at radius 3 is 2.70 bits per heavy atom. The van der Waals surface area contributed by atoms with Gasteiger partial charge in [0.2, 0.25) is 10.0 Å². The molecule has 20 heavy (non-hydrogen) atoms. The Kier molecular flexibility index (Phi) is 3.87. The third kappa shape index (κ3) is 2.85. The van der Waals surface area contributed by atoms with E-state index < -0.39 is 15.6 Å². The molecule has 1 saturated heterocycles. The summed E-state index contributed by atoms with van der Waals surface area (Å²) in [5, 5.41) is 18.9. The van der Waals surface area contributed by atoms with Crippen LogP contribution >= 0.6 is 0 Å². The Hall–Kier alpha value is -1.42. The average molecular weight is 294 g/mol. The predicted octanol–water partition coefficient (Wildman–Crippen LogP) is 1.40. The fraction of sp³-hybridized carbons (Fsp3) is 0.500. The predicted molar refractivity (Wildman–Crippen MR) is 74.5 cm³/mol. The highest BCUT2D eigenvalue weighted by molar-refractivity contribution is 7.89. The van der Waals surface area contributed by atoms with E-state index in [1.807, 2.05) is 6.07 Å². The molecule has 108 valence electrons.